The molecule has 9 heteroatoms. The van der Waals surface area contributed by atoms with Crippen LogP contribution in [0, 0.1) is 0 Å². The Morgan fingerprint density at radius 1 is 1.32 bits per heavy atom. The van der Waals surface area contributed by atoms with Crippen molar-refractivity contribution in [1.29, 1.82) is 0 Å². The highest BCUT2D eigenvalue weighted by molar-refractivity contribution is 7.90. The summed E-state index contributed by atoms with van der Waals surface area (Å²) in [7, 11) is -3.71. The van der Waals surface area contributed by atoms with E-state index in [4.69, 9.17) is 16.3 Å². The van der Waals surface area contributed by atoms with Crippen LogP contribution in [0.4, 0.5) is 5.82 Å². The summed E-state index contributed by atoms with van der Waals surface area (Å²) in [5, 5.41) is 0.0143. The van der Waals surface area contributed by atoms with Crippen LogP contribution in [0.15, 0.2) is 12.4 Å². The van der Waals surface area contributed by atoms with Gasteiger partial charge in [0.15, 0.2) is 11.0 Å². The molecule has 2 rings (SSSR count). The predicted molar refractivity (Wildman–Crippen MR) is 71.2 cm³/mol. The number of hydrogen-bond acceptors (Lipinski definition) is 5. The van der Waals surface area contributed by atoms with Gasteiger partial charge in [0.2, 0.25) is 0 Å². The van der Waals surface area contributed by atoms with E-state index in [1.54, 1.807) is 0 Å². The Kier molecular flexibility index (Phi) is 4.24. The number of ether oxygens (including phenoxy) is 1. The Morgan fingerprint density at radius 3 is 2.47 bits per heavy atom. The van der Waals surface area contributed by atoms with Crippen LogP contribution in [0.1, 0.15) is 13.8 Å². The maximum Gasteiger partial charge on any atom is 0.303 e. The van der Waals surface area contributed by atoms with E-state index in [0.29, 0.717) is 0 Å². The van der Waals surface area contributed by atoms with Gasteiger partial charge in [-0.3, -0.25) is 4.72 Å². The van der Waals surface area contributed by atoms with E-state index >= 15 is 0 Å². The number of nitrogens with one attached hydrogen (secondary N) is 1. The van der Waals surface area contributed by atoms with Crippen LogP contribution in [0.2, 0.25) is 5.15 Å². The topological polar surface area (TPSA) is 84.4 Å². The van der Waals surface area contributed by atoms with Crippen LogP contribution >= 0.6 is 11.6 Å². The first-order chi connectivity index (χ1) is 8.88. The number of morpholine rings is 1. The van der Waals surface area contributed by atoms with Gasteiger partial charge in [0.1, 0.15) is 0 Å². The van der Waals surface area contributed by atoms with E-state index in [1.165, 1.54) is 16.7 Å². The molecule has 0 bridgehead atoms. The number of anilines is 1. The first-order valence-electron chi connectivity index (χ1n) is 5.78. The second-order valence-electron chi connectivity index (χ2n) is 4.38. The lowest BCUT2D eigenvalue weighted by Crippen LogP contribution is -2.50. The van der Waals surface area contributed by atoms with Gasteiger partial charge >= 0.3 is 10.2 Å². The molecular weight excluding hydrogens is 292 g/mol. The maximum atomic E-state index is 12.2. The standard InChI is InChI=1S/C10H15ClN4O3S/c1-7-5-15(6-8(2)18-7)19(16,17)14-10-9(11)12-3-4-13-10/h3-4,7-8H,5-6H2,1-2H3,(H,13,14). The Hall–Kier alpha value is -0.960. The van der Waals surface area contributed by atoms with Crippen LogP contribution < -0.4 is 4.72 Å². The molecule has 1 aromatic heterocycles. The quantitative estimate of drug-likeness (QED) is 0.896. The fourth-order valence-electron chi connectivity index (χ4n) is 1.90. The summed E-state index contributed by atoms with van der Waals surface area (Å²) in [4.78, 5) is 7.62. The largest absolute Gasteiger partial charge is 0.373 e. The van der Waals surface area contributed by atoms with Crippen molar-refractivity contribution in [2.75, 3.05) is 17.8 Å². The lowest BCUT2D eigenvalue weighted by molar-refractivity contribution is -0.0439. The molecule has 1 aliphatic rings. The summed E-state index contributed by atoms with van der Waals surface area (Å²) < 4.78 is 33.6. The van der Waals surface area contributed by atoms with Crippen LogP contribution in [0.3, 0.4) is 0 Å². The Labute approximate surface area is 117 Å². The van der Waals surface area contributed by atoms with E-state index in [2.05, 4.69) is 14.7 Å². The third-order valence-corrected chi connectivity index (χ3v) is 4.31. The summed E-state index contributed by atoms with van der Waals surface area (Å²) in [6.45, 7) is 4.23. The number of aromatic nitrogens is 2. The van der Waals surface area contributed by atoms with E-state index < -0.39 is 10.2 Å². The minimum absolute atomic E-state index is 0.0143. The third-order valence-electron chi connectivity index (χ3n) is 2.61. The molecule has 1 saturated heterocycles. The van der Waals surface area contributed by atoms with Gasteiger partial charge in [-0.1, -0.05) is 11.6 Å². The Bertz CT molecular complexity index is 543. The molecule has 1 aromatic rings. The van der Waals surface area contributed by atoms with E-state index in [9.17, 15) is 8.42 Å². The van der Waals surface area contributed by atoms with Gasteiger partial charge in [0.05, 0.1) is 12.2 Å². The molecule has 0 spiro atoms. The third kappa shape index (κ3) is 3.53. The SMILES string of the molecule is CC1CN(S(=O)(=O)Nc2nccnc2Cl)CC(C)O1. The predicted octanol–water partition coefficient (Wildman–Crippen LogP) is 0.896. The van der Waals surface area contributed by atoms with Gasteiger partial charge in [0.25, 0.3) is 0 Å². The molecule has 0 aromatic carbocycles. The van der Waals surface area contributed by atoms with E-state index in [-0.39, 0.29) is 36.3 Å². The minimum atomic E-state index is -3.71. The molecular formula is C10H15ClN4O3S. The van der Waals surface area contributed by atoms with Gasteiger partial charge in [-0.05, 0) is 13.8 Å². The van der Waals surface area contributed by atoms with Gasteiger partial charge in [0, 0.05) is 25.5 Å². The fraction of sp³-hybridized carbons (Fsp3) is 0.600. The molecule has 1 N–H and O–H groups in total. The molecule has 19 heavy (non-hydrogen) atoms. The van der Waals surface area contributed by atoms with Crippen LogP contribution in [-0.4, -0.2) is 48.0 Å². The molecule has 2 unspecified atom stereocenters. The first kappa shape index (κ1) is 14.4. The second-order valence-corrected chi connectivity index (χ2v) is 6.41. The van der Waals surface area contributed by atoms with Crippen LogP contribution in [0.25, 0.3) is 0 Å². The van der Waals surface area contributed by atoms with Gasteiger partial charge in [-0.25, -0.2) is 9.97 Å². The summed E-state index contributed by atoms with van der Waals surface area (Å²) in [6.07, 6.45) is 2.45. The molecule has 2 heterocycles. The van der Waals surface area contributed by atoms with Crippen molar-refractivity contribution in [1.82, 2.24) is 14.3 Å². The number of halogens is 1. The summed E-state index contributed by atoms with van der Waals surface area (Å²) in [5.41, 5.74) is 0. The summed E-state index contributed by atoms with van der Waals surface area (Å²) in [5.74, 6) is 0.0240. The molecule has 0 aliphatic carbocycles. The number of hydrogen-bond donors (Lipinski definition) is 1. The maximum absolute atomic E-state index is 12.2. The van der Waals surface area contributed by atoms with Crippen molar-refractivity contribution < 1.29 is 13.2 Å². The molecule has 0 amide bonds. The van der Waals surface area contributed by atoms with Crippen molar-refractivity contribution in [3.05, 3.63) is 17.5 Å². The van der Waals surface area contributed by atoms with Crippen molar-refractivity contribution in [2.45, 2.75) is 26.1 Å². The molecule has 106 valence electrons. The van der Waals surface area contributed by atoms with E-state index in [0.717, 1.165) is 0 Å². The lowest BCUT2D eigenvalue weighted by Gasteiger charge is -2.34. The zero-order valence-electron chi connectivity index (χ0n) is 10.6. The van der Waals surface area contributed by atoms with Crippen molar-refractivity contribution in [2.24, 2.45) is 0 Å². The smallest absolute Gasteiger partial charge is 0.303 e. The second kappa shape index (κ2) is 5.58. The average molecular weight is 307 g/mol. The normalized spacial score (nSPS) is 25.2. The van der Waals surface area contributed by atoms with Crippen LogP contribution in [0.5, 0.6) is 0 Å². The fourth-order valence-corrected chi connectivity index (χ4v) is 3.45. The zero-order valence-corrected chi connectivity index (χ0v) is 12.1. The zero-order chi connectivity index (χ0) is 14.0. The summed E-state index contributed by atoms with van der Waals surface area (Å²) in [6, 6.07) is 0. The first-order valence-corrected chi connectivity index (χ1v) is 7.60. The lowest BCUT2D eigenvalue weighted by atomic mass is 10.3. The molecule has 2 atom stereocenters. The highest BCUT2D eigenvalue weighted by Gasteiger charge is 2.31. The molecule has 1 aliphatic heterocycles. The van der Waals surface area contributed by atoms with Gasteiger partial charge in [-0.2, -0.15) is 12.7 Å². The monoisotopic (exact) mass is 306 g/mol. The average Bonchev–Trinajstić information content (AvgIpc) is 2.31. The minimum Gasteiger partial charge on any atom is -0.373 e. The number of nitrogens with zero attached hydrogens (tertiary/aromatic N) is 3. The number of rotatable bonds is 3. The van der Waals surface area contributed by atoms with Crippen LogP contribution in [-0.2, 0) is 14.9 Å². The Morgan fingerprint density at radius 2 is 1.89 bits per heavy atom. The highest BCUT2D eigenvalue weighted by Crippen LogP contribution is 2.19. The van der Waals surface area contributed by atoms with Gasteiger partial charge < -0.3 is 4.74 Å². The molecule has 0 saturated carbocycles. The van der Waals surface area contributed by atoms with Crippen molar-refractivity contribution >= 4 is 27.6 Å². The summed E-state index contributed by atoms with van der Waals surface area (Å²) >= 11 is 5.78. The van der Waals surface area contributed by atoms with Gasteiger partial charge in [-0.15, -0.1) is 0 Å². The Balaban J connectivity index is 2.16. The molecule has 7 nitrogen and oxygen atoms in total. The van der Waals surface area contributed by atoms with E-state index in [1.807, 2.05) is 13.8 Å². The van der Waals surface area contributed by atoms with Crippen molar-refractivity contribution in [3.63, 3.8) is 0 Å². The molecule has 0 radical (unpaired) electrons. The van der Waals surface area contributed by atoms with Crippen molar-refractivity contribution in [3.8, 4) is 0 Å². The molecule has 1 fully saturated rings. The highest BCUT2D eigenvalue weighted by atomic mass is 35.5.